The van der Waals surface area contributed by atoms with Crippen LogP contribution in [-0.4, -0.2) is 29.6 Å². The monoisotopic (exact) mass is 828 g/mol. The van der Waals surface area contributed by atoms with E-state index in [1.807, 2.05) is 101 Å². The van der Waals surface area contributed by atoms with Crippen LogP contribution < -0.4 is 17.2 Å². The quantitative estimate of drug-likeness (QED) is 0.0542. The fraction of sp³-hybridized carbons (Fsp3) is 0.327. The van der Waals surface area contributed by atoms with E-state index in [1.54, 1.807) is 12.1 Å². The van der Waals surface area contributed by atoms with E-state index in [0.717, 1.165) is 55.0 Å². The summed E-state index contributed by atoms with van der Waals surface area (Å²) in [6.07, 6.45) is 11.5. The van der Waals surface area contributed by atoms with Crippen LogP contribution in [0.1, 0.15) is 112 Å². The molecule has 0 fully saturated rings. The van der Waals surface area contributed by atoms with Gasteiger partial charge in [-0.1, -0.05) is 138 Å². The van der Waals surface area contributed by atoms with Crippen LogP contribution in [0.3, 0.4) is 0 Å². The fourth-order valence-electron chi connectivity index (χ4n) is 6.08. The van der Waals surface area contributed by atoms with Crippen molar-refractivity contribution in [1.82, 2.24) is 0 Å². The Morgan fingerprint density at radius 2 is 1.28 bits per heavy atom. The van der Waals surface area contributed by atoms with Crippen molar-refractivity contribution in [2.75, 3.05) is 12.8 Å². The normalized spacial score (nSPS) is 13.1. The first kappa shape index (κ1) is 53.1. The summed E-state index contributed by atoms with van der Waals surface area (Å²) in [6, 6.07) is 19.2. The Hall–Kier alpha value is -4.95. The maximum absolute atomic E-state index is 12.8. The number of aliphatic hydroxyl groups is 1. The molecule has 58 heavy (non-hydrogen) atoms. The van der Waals surface area contributed by atoms with Gasteiger partial charge in [-0.25, -0.2) is 0 Å². The highest BCUT2D eigenvalue weighted by Crippen LogP contribution is 2.40. The van der Waals surface area contributed by atoms with Crippen molar-refractivity contribution < 1.29 is 14.7 Å². The Morgan fingerprint density at radius 3 is 1.78 bits per heavy atom. The van der Waals surface area contributed by atoms with Crippen LogP contribution in [0.4, 0.5) is 5.69 Å². The Bertz CT molecular complexity index is 2170. The second-order valence-electron chi connectivity index (χ2n) is 13.2. The third kappa shape index (κ3) is 15.1. The van der Waals surface area contributed by atoms with E-state index >= 15 is 0 Å². The minimum absolute atomic E-state index is 0.0298. The molecule has 0 aliphatic heterocycles. The molecule has 0 aromatic heterocycles. The van der Waals surface area contributed by atoms with E-state index in [1.165, 1.54) is 40.7 Å². The molecule has 0 saturated heterocycles. The Kier molecular flexibility index (Phi) is 25.3. The van der Waals surface area contributed by atoms with Crippen LogP contribution in [0, 0.1) is 12.3 Å². The smallest absolute Gasteiger partial charge is 0.214 e. The zero-order valence-corrected chi connectivity index (χ0v) is 38.2. The molecule has 314 valence electrons. The van der Waals surface area contributed by atoms with Crippen molar-refractivity contribution in [2.45, 2.75) is 102 Å². The van der Waals surface area contributed by atoms with Crippen molar-refractivity contribution in [3.8, 4) is 0 Å². The largest absolute Gasteiger partial charge is 0.512 e. The molecule has 0 spiro atoms. The highest BCUT2D eigenvalue weighted by molar-refractivity contribution is 6.37. The van der Waals surface area contributed by atoms with Crippen LogP contribution in [0.25, 0.3) is 27.1 Å². The molecule has 0 bridgehead atoms. The summed E-state index contributed by atoms with van der Waals surface area (Å²) >= 11 is 12.9. The number of ketones is 1. The van der Waals surface area contributed by atoms with Crippen molar-refractivity contribution >= 4 is 73.4 Å². The summed E-state index contributed by atoms with van der Waals surface area (Å²) in [6.45, 7) is 20.8. The standard InChI is InChI=1S/C38H34Cl2N2O2.2C3H8.C2H5NO.C2H6.CH5N/c1-21(27-7-5-9-29-32(40)18-20-34(42)38(27)29)11-13-25-14-15-26(37(25)36(23(3)43)24(4)44)16-19-33(41)30-10-6-8-28-31(39)17-12-22(2)35(28)30;2*1-3-2;1-2(3)4;2*1-2/h5-13,16-20,41,43H,14-15,42H2,1-4H3;2*3H2,1-2H3;1H3,(H2,3,4);1-2H3;2H2,1H3/b19-16?,21-11-,25-13+,36-23?,41-33?;;;;;. The molecule has 5 rings (SSSR count). The number of aryl methyl sites for hydroxylation is 1. The van der Waals surface area contributed by atoms with Gasteiger partial charge in [0, 0.05) is 44.4 Å². The third-order valence-electron chi connectivity index (χ3n) is 8.19. The number of carbonyl (C=O) groups is 2. The van der Waals surface area contributed by atoms with Crippen molar-refractivity contribution in [2.24, 2.45) is 11.5 Å². The maximum Gasteiger partial charge on any atom is 0.214 e. The molecular weight excluding hydrogens is 763 g/mol. The lowest BCUT2D eigenvalue weighted by Crippen LogP contribution is -2.05. The van der Waals surface area contributed by atoms with E-state index in [4.69, 9.17) is 34.3 Å². The van der Waals surface area contributed by atoms with E-state index < -0.39 is 0 Å². The maximum atomic E-state index is 12.8. The van der Waals surface area contributed by atoms with Gasteiger partial charge in [0.2, 0.25) is 5.91 Å². The highest BCUT2D eigenvalue weighted by atomic mass is 35.5. The number of hydrogen-bond acceptors (Lipinski definition) is 6. The summed E-state index contributed by atoms with van der Waals surface area (Å²) in [5, 5.41) is 24.5. The van der Waals surface area contributed by atoms with Gasteiger partial charge in [0.25, 0.3) is 0 Å². The van der Waals surface area contributed by atoms with Crippen LogP contribution in [0.5, 0.6) is 0 Å². The highest BCUT2D eigenvalue weighted by Gasteiger charge is 2.26. The van der Waals surface area contributed by atoms with Gasteiger partial charge in [-0.3, -0.25) is 9.59 Å². The van der Waals surface area contributed by atoms with Gasteiger partial charge in [-0.2, -0.15) is 0 Å². The van der Waals surface area contributed by atoms with Crippen LogP contribution >= 0.6 is 23.2 Å². The number of nitrogen functional groups attached to an aromatic ring is 1. The van der Waals surface area contributed by atoms with E-state index in [9.17, 15) is 14.7 Å². The third-order valence-corrected chi connectivity index (χ3v) is 8.85. The molecule has 0 radical (unpaired) electrons. The average Bonchev–Trinajstić information content (AvgIpc) is 3.58. The number of nitrogens with one attached hydrogen (secondary N) is 1. The predicted octanol–water partition coefficient (Wildman–Crippen LogP) is 13.6. The van der Waals surface area contributed by atoms with Crippen LogP contribution in [0.2, 0.25) is 10.0 Å². The van der Waals surface area contributed by atoms with Crippen molar-refractivity contribution in [3.63, 3.8) is 0 Å². The van der Waals surface area contributed by atoms with Crippen LogP contribution in [0.15, 0.2) is 113 Å². The predicted molar refractivity (Wildman–Crippen MR) is 255 cm³/mol. The van der Waals surface area contributed by atoms with E-state index in [2.05, 4.69) is 39.2 Å². The van der Waals surface area contributed by atoms with Gasteiger partial charge < -0.3 is 27.7 Å². The molecule has 0 saturated carbocycles. The molecule has 4 aromatic rings. The molecule has 4 aromatic carbocycles. The minimum Gasteiger partial charge on any atom is -0.512 e. The first-order chi connectivity index (χ1) is 27.5. The zero-order chi connectivity index (χ0) is 44.7. The molecule has 1 aliphatic rings. The first-order valence-electron chi connectivity index (χ1n) is 19.8. The van der Waals surface area contributed by atoms with Gasteiger partial charge in [-0.15, -0.1) is 0 Å². The number of carbonyl (C=O) groups excluding carboxylic acids is 2. The van der Waals surface area contributed by atoms with E-state index in [-0.39, 0.29) is 17.4 Å². The summed E-state index contributed by atoms with van der Waals surface area (Å²) in [5.74, 6) is -0.581. The van der Waals surface area contributed by atoms with Gasteiger partial charge in [0.1, 0.15) is 5.76 Å². The molecule has 8 N–H and O–H groups in total. The number of halogens is 2. The minimum atomic E-state index is -0.333. The Labute approximate surface area is 357 Å². The molecule has 7 nitrogen and oxygen atoms in total. The number of anilines is 1. The number of fused-ring (bicyclic) bond motifs is 2. The van der Waals surface area contributed by atoms with Crippen LogP contribution in [-0.2, 0) is 9.59 Å². The molecule has 0 unspecified atom stereocenters. The lowest BCUT2D eigenvalue weighted by molar-refractivity contribution is -0.116. The summed E-state index contributed by atoms with van der Waals surface area (Å²) in [5.41, 5.74) is 22.9. The second kappa shape index (κ2) is 27.6. The van der Waals surface area contributed by atoms with Crippen molar-refractivity contribution in [1.29, 1.82) is 5.41 Å². The molecule has 0 heterocycles. The summed E-state index contributed by atoms with van der Waals surface area (Å²) < 4.78 is 0. The number of amides is 1. The SMILES string of the molecule is CC.CC(=O)C(=C(C)O)C1=C(C=CC(=N)c2cccc3c(Cl)ccc(C)c23)CC/C1=C\C=C(\C)c1cccc2c(Cl)ccc(N)c12.CC(N)=O.CCC.CCC.CN. The van der Waals surface area contributed by atoms with Gasteiger partial charge in [0.15, 0.2) is 5.78 Å². The number of rotatable bonds is 7. The lowest BCUT2D eigenvalue weighted by atomic mass is 9.92. The summed E-state index contributed by atoms with van der Waals surface area (Å²) in [4.78, 5) is 22.0. The van der Waals surface area contributed by atoms with Gasteiger partial charge in [0.05, 0.1) is 11.3 Å². The lowest BCUT2D eigenvalue weighted by Gasteiger charge is -2.12. The zero-order valence-electron chi connectivity index (χ0n) is 36.7. The number of nitrogens with two attached hydrogens (primary N) is 3. The molecule has 0 atom stereocenters. The number of aliphatic hydroxyl groups excluding tert-OH is 1. The number of Topliss-reactive ketones (excluding diaryl/α,β-unsaturated/α-hetero) is 1. The molecular formula is C49H66Cl2N4O3. The topological polar surface area (TPSA) is 156 Å². The number of benzene rings is 4. The second-order valence-corrected chi connectivity index (χ2v) is 14.0. The van der Waals surface area contributed by atoms with E-state index in [0.29, 0.717) is 45.4 Å². The molecule has 9 heteroatoms. The number of hydrogen-bond donors (Lipinski definition) is 5. The molecule has 1 aliphatic carbocycles. The molecule has 1 amide bonds. The Morgan fingerprint density at radius 1 is 0.793 bits per heavy atom. The average molecular weight is 830 g/mol. The Balaban J connectivity index is 0.00000205. The number of primary amides is 1. The van der Waals surface area contributed by atoms with Gasteiger partial charge >= 0.3 is 0 Å². The van der Waals surface area contributed by atoms with Crippen molar-refractivity contribution in [3.05, 3.63) is 140 Å². The summed E-state index contributed by atoms with van der Waals surface area (Å²) in [7, 11) is 1.50. The number of allylic oxidation sites excluding steroid dienone is 10. The van der Waals surface area contributed by atoms with Gasteiger partial charge in [-0.05, 0) is 111 Å². The first-order valence-corrected chi connectivity index (χ1v) is 20.6. The fourth-order valence-corrected chi connectivity index (χ4v) is 6.52.